The van der Waals surface area contributed by atoms with Gasteiger partial charge >= 0.3 is 222 Å². The Bertz CT molecular complexity index is 894. The third-order valence-electron chi connectivity index (χ3n) is 7.29. The summed E-state index contributed by atoms with van der Waals surface area (Å²) in [4.78, 5) is 5.48. The van der Waals surface area contributed by atoms with E-state index in [2.05, 4.69) is 73.9 Å². The molecule has 0 aliphatic heterocycles. The molecule has 0 fully saturated rings. The number of benzene rings is 2. The van der Waals surface area contributed by atoms with Gasteiger partial charge in [0.1, 0.15) is 0 Å². The van der Waals surface area contributed by atoms with Gasteiger partial charge in [-0.15, -0.1) is 0 Å². The molecular weight excluding hydrogens is 491 g/mol. The van der Waals surface area contributed by atoms with Gasteiger partial charge in [0.2, 0.25) is 0 Å². The third kappa shape index (κ3) is 7.77. The third-order valence-corrected chi connectivity index (χ3v) is 9.64. The van der Waals surface area contributed by atoms with Crippen LogP contribution in [0.2, 0.25) is 0 Å². The monoisotopic (exact) mass is 542 g/mol. The van der Waals surface area contributed by atoms with Crippen LogP contribution in [-0.2, 0) is 0 Å². The summed E-state index contributed by atoms with van der Waals surface area (Å²) in [5, 5.41) is 3.14. The van der Waals surface area contributed by atoms with Gasteiger partial charge in [-0.3, -0.25) is 0 Å². The van der Waals surface area contributed by atoms with Crippen molar-refractivity contribution >= 4 is 45.2 Å². The number of unbranched alkanes of at least 4 members (excludes halogenated alkanes) is 8. The maximum atomic E-state index is 2.74. The van der Waals surface area contributed by atoms with Crippen molar-refractivity contribution in [2.24, 2.45) is 0 Å². The van der Waals surface area contributed by atoms with Crippen molar-refractivity contribution in [3.05, 3.63) is 36.4 Å². The predicted molar refractivity (Wildman–Crippen MR) is 161 cm³/mol. The molecule has 0 saturated heterocycles. The van der Waals surface area contributed by atoms with Gasteiger partial charge in [-0.05, 0) is 0 Å². The molecule has 35 heavy (non-hydrogen) atoms. The summed E-state index contributed by atoms with van der Waals surface area (Å²) < 4.78 is 3.19. The summed E-state index contributed by atoms with van der Waals surface area (Å²) in [6.45, 7) is 14.0. The van der Waals surface area contributed by atoms with Crippen molar-refractivity contribution in [1.82, 2.24) is 0 Å². The normalized spacial score (nSPS) is 11.5. The van der Waals surface area contributed by atoms with E-state index in [1.165, 1.54) is 115 Å². The van der Waals surface area contributed by atoms with Crippen molar-refractivity contribution in [1.29, 1.82) is 0 Å². The summed E-state index contributed by atoms with van der Waals surface area (Å²) in [6.07, 6.45) is 15.7. The molecule has 0 N–H and O–H groups in total. The average molecular weight is 542 g/mol. The van der Waals surface area contributed by atoms with Gasteiger partial charge < -0.3 is 0 Å². The summed E-state index contributed by atoms with van der Waals surface area (Å²) in [6, 6.07) is 14.3. The van der Waals surface area contributed by atoms with Crippen molar-refractivity contribution in [2.75, 3.05) is 36.0 Å². The van der Waals surface area contributed by atoms with Crippen LogP contribution in [0.25, 0.3) is 19.3 Å². The van der Waals surface area contributed by atoms with Crippen molar-refractivity contribution < 1.29 is 0 Å². The fourth-order valence-corrected chi connectivity index (χ4v) is 7.68. The Morgan fingerprint density at radius 1 is 0.486 bits per heavy atom. The minimum atomic E-state index is 0.410. The molecular formula is C32H50N2Se. The Kier molecular flexibility index (Phi) is 12.6. The molecule has 0 radical (unpaired) electrons. The molecule has 2 nitrogen and oxygen atoms in total. The number of hydrogen-bond donors (Lipinski definition) is 0. The molecule has 0 unspecified atom stereocenters. The Balaban J connectivity index is 2.07. The molecule has 3 rings (SSSR count). The molecule has 0 aliphatic rings. The summed E-state index contributed by atoms with van der Waals surface area (Å²) in [5.41, 5.74) is 3.01. The molecule has 0 bridgehead atoms. The quantitative estimate of drug-likeness (QED) is 0.117. The first-order valence-corrected chi connectivity index (χ1v) is 16.4. The minimum absolute atomic E-state index is 0.410. The van der Waals surface area contributed by atoms with Crippen LogP contribution in [-0.4, -0.2) is 40.7 Å². The van der Waals surface area contributed by atoms with E-state index >= 15 is 0 Å². The van der Waals surface area contributed by atoms with Crippen LogP contribution in [0.1, 0.15) is 105 Å². The zero-order chi connectivity index (χ0) is 24.9. The Hall–Kier alpha value is -1.44. The van der Waals surface area contributed by atoms with E-state index in [0.717, 1.165) is 0 Å². The van der Waals surface area contributed by atoms with E-state index in [-0.39, 0.29) is 0 Å². The summed E-state index contributed by atoms with van der Waals surface area (Å²) >= 11 is 0.410. The van der Waals surface area contributed by atoms with Crippen LogP contribution in [0.5, 0.6) is 0 Å². The van der Waals surface area contributed by atoms with Gasteiger partial charge in [0.15, 0.2) is 0 Å². The van der Waals surface area contributed by atoms with E-state index < -0.39 is 0 Å². The number of fused-ring (bicyclic) bond motifs is 3. The van der Waals surface area contributed by atoms with Gasteiger partial charge in [-0.25, -0.2) is 0 Å². The SMILES string of the molecule is CCCCCN(CCCCC)c1cccc2[se]c3cccc(N(CCCCC)CCCCC)c3c12. The molecule has 194 valence electrons. The zero-order valence-corrected chi connectivity index (χ0v) is 24.8. The number of hydrogen-bond acceptors (Lipinski definition) is 2. The second-order valence-electron chi connectivity index (χ2n) is 10.2. The second kappa shape index (κ2) is 15.6. The Morgan fingerprint density at radius 2 is 0.829 bits per heavy atom. The van der Waals surface area contributed by atoms with Crippen LogP contribution in [0.3, 0.4) is 0 Å². The average Bonchev–Trinajstić information content (AvgIpc) is 3.26. The Labute approximate surface area is 221 Å². The number of nitrogens with zero attached hydrogens (tertiary/aromatic N) is 2. The topological polar surface area (TPSA) is 6.48 Å². The van der Waals surface area contributed by atoms with Gasteiger partial charge in [-0.1, -0.05) is 0 Å². The van der Waals surface area contributed by atoms with Crippen molar-refractivity contribution in [3.8, 4) is 0 Å². The zero-order valence-electron chi connectivity index (χ0n) is 23.1. The summed E-state index contributed by atoms with van der Waals surface area (Å²) in [5.74, 6) is 0. The van der Waals surface area contributed by atoms with Crippen LogP contribution in [0.4, 0.5) is 11.4 Å². The molecule has 0 amide bonds. The standard InChI is InChI=1S/C32H50N2Se/c1-5-9-13-23-33(24-14-10-6-2)27-19-17-21-29-31(27)32-28(20-18-22-30(32)35-29)34(25-15-11-7-3)26-16-12-8-4/h17-22H,5-16,23-26H2,1-4H3. The maximum absolute atomic E-state index is 2.74. The molecule has 2 aromatic carbocycles. The van der Waals surface area contributed by atoms with E-state index in [1.807, 2.05) is 0 Å². The van der Waals surface area contributed by atoms with E-state index in [4.69, 9.17) is 0 Å². The van der Waals surface area contributed by atoms with Gasteiger partial charge in [0.05, 0.1) is 0 Å². The van der Waals surface area contributed by atoms with Gasteiger partial charge in [0, 0.05) is 0 Å². The van der Waals surface area contributed by atoms with Crippen LogP contribution < -0.4 is 9.80 Å². The fourth-order valence-electron chi connectivity index (χ4n) is 5.27. The first-order valence-electron chi connectivity index (χ1n) is 14.7. The second-order valence-corrected chi connectivity index (χ2v) is 12.5. The van der Waals surface area contributed by atoms with E-state index in [9.17, 15) is 0 Å². The van der Waals surface area contributed by atoms with Gasteiger partial charge in [-0.2, -0.15) is 0 Å². The van der Waals surface area contributed by atoms with Crippen LogP contribution in [0.15, 0.2) is 36.4 Å². The summed E-state index contributed by atoms with van der Waals surface area (Å²) in [7, 11) is 0. The molecule has 0 atom stereocenters. The first kappa shape index (κ1) is 28.1. The van der Waals surface area contributed by atoms with Gasteiger partial charge in [0.25, 0.3) is 0 Å². The van der Waals surface area contributed by atoms with Crippen molar-refractivity contribution in [2.45, 2.75) is 105 Å². The molecule has 0 aliphatic carbocycles. The number of anilines is 2. The van der Waals surface area contributed by atoms with E-state index in [1.54, 1.807) is 19.3 Å². The predicted octanol–water partition coefficient (Wildman–Crippen LogP) is 9.42. The number of rotatable bonds is 18. The first-order chi connectivity index (χ1) is 17.2. The molecule has 1 aromatic heterocycles. The van der Waals surface area contributed by atoms with Crippen LogP contribution >= 0.6 is 0 Å². The van der Waals surface area contributed by atoms with E-state index in [0.29, 0.717) is 14.5 Å². The fraction of sp³-hybridized carbons (Fsp3) is 0.625. The molecule has 0 saturated carbocycles. The van der Waals surface area contributed by atoms with Crippen LogP contribution in [0, 0.1) is 0 Å². The molecule has 3 aromatic rings. The van der Waals surface area contributed by atoms with Crippen molar-refractivity contribution in [3.63, 3.8) is 0 Å². The molecule has 1 heterocycles. The molecule has 3 heteroatoms. The Morgan fingerprint density at radius 3 is 1.14 bits per heavy atom. The molecule has 0 spiro atoms.